The molecule has 0 unspecified atom stereocenters. The molecule has 1 aromatic carbocycles. The number of nitrogens with one attached hydrogen (secondary N) is 2. The SMILES string of the molecule is CCCCNc1cccc(NC(=O)COC)c1. The zero-order valence-corrected chi connectivity index (χ0v) is 10.5. The highest BCUT2D eigenvalue weighted by Gasteiger charge is 2.01. The summed E-state index contributed by atoms with van der Waals surface area (Å²) < 4.78 is 4.76. The van der Waals surface area contributed by atoms with Gasteiger partial charge in [-0.05, 0) is 24.6 Å². The standard InChI is InChI=1S/C13H20N2O2/c1-3-4-8-14-11-6-5-7-12(9-11)15-13(16)10-17-2/h5-7,9,14H,3-4,8,10H2,1-2H3,(H,15,16). The van der Waals surface area contributed by atoms with Crippen molar-refractivity contribution in [3.05, 3.63) is 24.3 Å². The van der Waals surface area contributed by atoms with Gasteiger partial charge >= 0.3 is 0 Å². The number of methoxy groups -OCH3 is 1. The van der Waals surface area contributed by atoms with Crippen molar-refractivity contribution < 1.29 is 9.53 Å². The Morgan fingerprint density at radius 2 is 2.12 bits per heavy atom. The van der Waals surface area contributed by atoms with Gasteiger partial charge in [-0.2, -0.15) is 0 Å². The van der Waals surface area contributed by atoms with Gasteiger partial charge in [0.15, 0.2) is 0 Å². The van der Waals surface area contributed by atoms with E-state index in [-0.39, 0.29) is 12.5 Å². The fraction of sp³-hybridized carbons (Fsp3) is 0.462. The van der Waals surface area contributed by atoms with Crippen LogP contribution in [0.15, 0.2) is 24.3 Å². The molecule has 2 N–H and O–H groups in total. The van der Waals surface area contributed by atoms with E-state index in [9.17, 15) is 4.79 Å². The maximum atomic E-state index is 11.3. The van der Waals surface area contributed by atoms with Gasteiger partial charge in [0.25, 0.3) is 0 Å². The average Bonchev–Trinajstić information content (AvgIpc) is 2.30. The lowest BCUT2D eigenvalue weighted by Gasteiger charge is -2.08. The lowest BCUT2D eigenvalue weighted by atomic mass is 10.2. The first kappa shape index (κ1) is 13.5. The minimum atomic E-state index is -0.141. The maximum absolute atomic E-state index is 11.3. The fourth-order valence-corrected chi connectivity index (χ4v) is 1.44. The van der Waals surface area contributed by atoms with Gasteiger partial charge in [0, 0.05) is 25.0 Å². The van der Waals surface area contributed by atoms with Crippen molar-refractivity contribution in [1.82, 2.24) is 0 Å². The largest absolute Gasteiger partial charge is 0.385 e. The molecule has 0 aromatic heterocycles. The normalized spacial score (nSPS) is 10.0. The van der Waals surface area contributed by atoms with Crippen molar-refractivity contribution in [2.24, 2.45) is 0 Å². The number of carbonyl (C=O) groups excluding carboxylic acids is 1. The summed E-state index contributed by atoms with van der Waals surface area (Å²) in [6.07, 6.45) is 2.30. The van der Waals surface area contributed by atoms with Gasteiger partial charge in [0.2, 0.25) is 5.91 Å². The average molecular weight is 236 g/mol. The molecule has 1 rings (SSSR count). The summed E-state index contributed by atoms with van der Waals surface area (Å²) >= 11 is 0. The molecule has 0 saturated heterocycles. The molecule has 94 valence electrons. The smallest absolute Gasteiger partial charge is 0.250 e. The molecule has 1 aromatic rings. The van der Waals surface area contributed by atoms with Crippen LogP contribution in [0.3, 0.4) is 0 Å². The van der Waals surface area contributed by atoms with Crippen molar-refractivity contribution in [2.45, 2.75) is 19.8 Å². The summed E-state index contributed by atoms with van der Waals surface area (Å²) in [5.74, 6) is -0.141. The highest BCUT2D eigenvalue weighted by molar-refractivity contribution is 5.92. The third-order valence-electron chi connectivity index (χ3n) is 2.28. The van der Waals surface area contributed by atoms with Crippen LogP contribution in [0.25, 0.3) is 0 Å². The zero-order chi connectivity index (χ0) is 12.5. The summed E-state index contributed by atoms with van der Waals surface area (Å²) in [6.45, 7) is 3.18. The van der Waals surface area contributed by atoms with Crippen molar-refractivity contribution in [2.75, 3.05) is 30.9 Å². The first-order valence-electron chi connectivity index (χ1n) is 5.89. The van der Waals surface area contributed by atoms with E-state index in [2.05, 4.69) is 17.6 Å². The molecule has 0 fully saturated rings. The molecule has 0 radical (unpaired) electrons. The van der Waals surface area contributed by atoms with Crippen molar-refractivity contribution in [1.29, 1.82) is 0 Å². The molecule has 0 atom stereocenters. The Kier molecular flexibility index (Phi) is 6.10. The van der Waals surface area contributed by atoms with E-state index >= 15 is 0 Å². The molecule has 4 nitrogen and oxygen atoms in total. The first-order chi connectivity index (χ1) is 8.26. The fourth-order valence-electron chi connectivity index (χ4n) is 1.44. The maximum Gasteiger partial charge on any atom is 0.250 e. The Balaban J connectivity index is 2.50. The molecular weight excluding hydrogens is 216 g/mol. The summed E-state index contributed by atoms with van der Waals surface area (Å²) in [4.78, 5) is 11.3. The van der Waals surface area contributed by atoms with Gasteiger partial charge < -0.3 is 15.4 Å². The molecule has 0 bridgehead atoms. The Bertz CT molecular complexity index is 353. The third-order valence-corrected chi connectivity index (χ3v) is 2.28. The van der Waals surface area contributed by atoms with Crippen LogP contribution in [0.2, 0.25) is 0 Å². The predicted molar refractivity (Wildman–Crippen MR) is 70.3 cm³/mol. The highest BCUT2D eigenvalue weighted by atomic mass is 16.5. The summed E-state index contributed by atoms with van der Waals surface area (Å²) in [7, 11) is 1.50. The van der Waals surface area contributed by atoms with Gasteiger partial charge in [-0.3, -0.25) is 4.79 Å². The van der Waals surface area contributed by atoms with E-state index in [1.54, 1.807) is 0 Å². The minimum absolute atomic E-state index is 0.0769. The van der Waals surface area contributed by atoms with Gasteiger partial charge in [-0.15, -0.1) is 0 Å². The Morgan fingerprint density at radius 1 is 1.35 bits per heavy atom. The monoisotopic (exact) mass is 236 g/mol. The van der Waals surface area contributed by atoms with Gasteiger partial charge in [-0.25, -0.2) is 0 Å². The number of amides is 1. The highest BCUT2D eigenvalue weighted by Crippen LogP contribution is 2.15. The van der Waals surface area contributed by atoms with Crippen molar-refractivity contribution in [3.63, 3.8) is 0 Å². The van der Waals surface area contributed by atoms with E-state index in [1.165, 1.54) is 7.11 Å². The topological polar surface area (TPSA) is 50.4 Å². The van der Waals surface area contributed by atoms with E-state index < -0.39 is 0 Å². The predicted octanol–water partition coefficient (Wildman–Crippen LogP) is 2.48. The molecular formula is C13H20N2O2. The minimum Gasteiger partial charge on any atom is -0.385 e. The Labute approximate surface area is 102 Å². The number of ether oxygens (including phenoxy) is 1. The van der Waals surface area contributed by atoms with E-state index in [0.717, 1.165) is 30.8 Å². The van der Waals surface area contributed by atoms with Crippen LogP contribution in [-0.2, 0) is 9.53 Å². The van der Waals surface area contributed by atoms with Crippen LogP contribution in [0.4, 0.5) is 11.4 Å². The number of carbonyl (C=O) groups is 1. The lowest BCUT2D eigenvalue weighted by molar-refractivity contribution is -0.119. The van der Waals surface area contributed by atoms with Gasteiger partial charge in [0.05, 0.1) is 0 Å². The molecule has 0 saturated carbocycles. The third kappa shape index (κ3) is 5.36. The number of benzene rings is 1. The Morgan fingerprint density at radius 3 is 2.82 bits per heavy atom. The molecule has 1 amide bonds. The van der Waals surface area contributed by atoms with Crippen LogP contribution in [-0.4, -0.2) is 26.2 Å². The number of hydrogen-bond acceptors (Lipinski definition) is 3. The second-order valence-electron chi connectivity index (χ2n) is 3.84. The second-order valence-corrected chi connectivity index (χ2v) is 3.84. The number of unbranched alkanes of at least 4 members (excludes halogenated alkanes) is 1. The zero-order valence-electron chi connectivity index (χ0n) is 10.5. The molecule has 0 aliphatic rings. The van der Waals surface area contributed by atoms with Crippen LogP contribution in [0.5, 0.6) is 0 Å². The molecule has 0 heterocycles. The van der Waals surface area contributed by atoms with E-state index in [4.69, 9.17) is 4.74 Å². The number of rotatable bonds is 7. The van der Waals surface area contributed by atoms with Crippen molar-refractivity contribution in [3.8, 4) is 0 Å². The summed E-state index contributed by atoms with van der Waals surface area (Å²) in [6, 6.07) is 7.68. The number of anilines is 2. The van der Waals surface area contributed by atoms with Gasteiger partial charge in [-0.1, -0.05) is 19.4 Å². The van der Waals surface area contributed by atoms with Gasteiger partial charge in [0.1, 0.15) is 6.61 Å². The molecule has 4 heteroatoms. The van der Waals surface area contributed by atoms with Crippen LogP contribution >= 0.6 is 0 Å². The van der Waals surface area contributed by atoms with E-state index in [0.29, 0.717) is 0 Å². The first-order valence-corrected chi connectivity index (χ1v) is 5.89. The quantitative estimate of drug-likeness (QED) is 0.715. The molecule has 0 aliphatic heterocycles. The molecule has 0 spiro atoms. The second kappa shape index (κ2) is 7.68. The summed E-state index contributed by atoms with van der Waals surface area (Å²) in [5.41, 5.74) is 1.81. The van der Waals surface area contributed by atoms with Crippen molar-refractivity contribution >= 4 is 17.3 Å². The van der Waals surface area contributed by atoms with Crippen LogP contribution in [0.1, 0.15) is 19.8 Å². The summed E-state index contributed by atoms with van der Waals surface area (Å²) in [5, 5.41) is 6.08. The lowest BCUT2D eigenvalue weighted by Crippen LogP contribution is -2.17. The molecule has 17 heavy (non-hydrogen) atoms. The Hall–Kier alpha value is -1.55. The molecule has 0 aliphatic carbocycles. The number of hydrogen-bond donors (Lipinski definition) is 2. The van der Waals surface area contributed by atoms with Crippen LogP contribution in [0, 0.1) is 0 Å². The van der Waals surface area contributed by atoms with E-state index in [1.807, 2.05) is 24.3 Å². The van der Waals surface area contributed by atoms with Crippen LogP contribution < -0.4 is 10.6 Å².